The van der Waals surface area contributed by atoms with E-state index in [1.807, 2.05) is 5.32 Å². The first kappa shape index (κ1) is 17.0. The van der Waals surface area contributed by atoms with Crippen molar-refractivity contribution in [1.82, 2.24) is 4.90 Å². The third-order valence-electron chi connectivity index (χ3n) is 3.56. The van der Waals surface area contributed by atoms with Gasteiger partial charge in [0.15, 0.2) is 17.5 Å². The van der Waals surface area contributed by atoms with Gasteiger partial charge in [-0.1, -0.05) is 17.7 Å². The highest BCUT2D eigenvalue weighted by Gasteiger charge is 2.38. The minimum atomic E-state index is -1.75. The second-order valence-corrected chi connectivity index (χ2v) is 5.54. The number of nitrogens with one attached hydrogen (secondary N) is 1. The number of carbonyl (C=O) groups is 3. The molecule has 0 saturated carbocycles. The van der Waals surface area contributed by atoms with Gasteiger partial charge in [0.2, 0.25) is 5.91 Å². The molecule has 1 heterocycles. The second kappa shape index (κ2) is 6.21. The largest absolute Gasteiger partial charge is 0.322 e. The fourth-order valence-corrected chi connectivity index (χ4v) is 2.65. The number of carbonyl (C=O) groups excluding carboxylic acids is 3. The minimum absolute atomic E-state index is 0.0269. The number of fused-ring (bicyclic) bond motifs is 1. The Morgan fingerprint density at radius 2 is 1.76 bits per heavy atom. The fraction of sp³-hybridized carbons (Fsp3) is 0.0625. The molecular weight excluding hydrogens is 361 g/mol. The Kier molecular flexibility index (Phi) is 4.22. The molecule has 0 bridgehead atoms. The number of nitrogens with zero attached hydrogens (tertiary/aromatic N) is 1. The van der Waals surface area contributed by atoms with Crippen LogP contribution >= 0.6 is 11.6 Å². The molecule has 0 fully saturated rings. The van der Waals surface area contributed by atoms with E-state index in [1.54, 1.807) is 0 Å². The molecule has 3 amide bonds. The lowest BCUT2D eigenvalue weighted by Gasteiger charge is -2.14. The van der Waals surface area contributed by atoms with Crippen molar-refractivity contribution in [3.63, 3.8) is 0 Å². The summed E-state index contributed by atoms with van der Waals surface area (Å²) in [6, 6.07) is 5.74. The zero-order chi connectivity index (χ0) is 18.3. The zero-order valence-electron chi connectivity index (χ0n) is 12.3. The van der Waals surface area contributed by atoms with Gasteiger partial charge in [-0.05, 0) is 24.3 Å². The van der Waals surface area contributed by atoms with E-state index in [-0.39, 0.29) is 16.1 Å². The third kappa shape index (κ3) is 2.85. The molecule has 25 heavy (non-hydrogen) atoms. The normalized spacial score (nSPS) is 13.2. The molecule has 0 aliphatic carbocycles. The monoisotopic (exact) mass is 368 g/mol. The van der Waals surface area contributed by atoms with Crippen LogP contribution in [0.3, 0.4) is 0 Å². The Bertz CT molecular complexity index is 933. The smallest absolute Gasteiger partial charge is 0.263 e. The first-order valence-corrected chi connectivity index (χ1v) is 7.27. The Balaban J connectivity index is 1.79. The molecule has 3 rings (SSSR count). The van der Waals surface area contributed by atoms with Gasteiger partial charge in [0.05, 0.1) is 21.8 Å². The molecular formula is C16H8ClF3N2O3. The lowest BCUT2D eigenvalue weighted by atomic mass is 10.1. The van der Waals surface area contributed by atoms with Crippen LogP contribution in [0.25, 0.3) is 0 Å². The van der Waals surface area contributed by atoms with Crippen molar-refractivity contribution in [3.8, 4) is 0 Å². The third-order valence-corrected chi connectivity index (χ3v) is 3.87. The number of imide groups is 1. The Hall–Kier alpha value is -2.87. The van der Waals surface area contributed by atoms with Crippen molar-refractivity contribution in [2.24, 2.45) is 0 Å². The number of hydrogen-bond donors (Lipinski definition) is 1. The average molecular weight is 369 g/mol. The maximum absolute atomic E-state index is 13.6. The van der Waals surface area contributed by atoms with Gasteiger partial charge in [0.1, 0.15) is 6.54 Å². The lowest BCUT2D eigenvalue weighted by molar-refractivity contribution is -0.116. The van der Waals surface area contributed by atoms with Gasteiger partial charge in [-0.25, -0.2) is 13.2 Å². The maximum Gasteiger partial charge on any atom is 0.263 e. The van der Waals surface area contributed by atoms with E-state index in [0.717, 1.165) is 6.07 Å². The van der Waals surface area contributed by atoms with Crippen LogP contribution in [0.4, 0.5) is 18.9 Å². The van der Waals surface area contributed by atoms with Crippen LogP contribution in [0.5, 0.6) is 0 Å². The molecule has 128 valence electrons. The van der Waals surface area contributed by atoms with Crippen molar-refractivity contribution < 1.29 is 27.6 Å². The zero-order valence-corrected chi connectivity index (χ0v) is 13.0. The molecule has 2 aromatic carbocycles. The number of amides is 3. The highest BCUT2D eigenvalue weighted by Crippen LogP contribution is 2.29. The molecule has 1 aliphatic heterocycles. The van der Waals surface area contributed by atoms with Crippen molar-refractivity contribution in [2.45, 2.75) is 0 Å². The van der Waals surface area contributed by atoms with Crippen LogP contribution in [0.1, 0.15) is 20.7 Å². The maximum atomic E-state index is 13.6. The standard InChI is InChI=1S/C16H8ClF3N2O3/c17-8-3-1-2-7-12(8)16(25)22(15(7)24)6-11(23)21-10-5-4-9(18)13(19)14(10)20/h1-5H,6H2,(H,21,23). The van der Waals surface area contributed by atoms with Gasteiger partial charge in [0, 0.05) is 0 Å². The van der Waals surface area contributed by atoms with E-state index in [4.69, 9.17) is 11.6 Å². The van der Waals surface area contributed by atoms with Crippen molar-refractivity contribution in [2.75, 3.05) is 11.9 Å². The summed E-state index contributed by atoms with van der Waals surface area (Å²) < 4.78 is 39.6. The number of anilines is 1. The summed E-state index contributed by atoms with van der Waals surface area (Å²) in [7, 11) is 0. The lowest BCUT2D eigenvalue weighted by Crippen LogP contribution is -2.37. The average Bonchev–Trinajstić information content (AvgIpc) is 2.81. The SMILES string of the molecule is O=C(CN1C(=O)c2cccc(Cl)c2C1=O)Nc1ccc(F)c(F)c1F. The van der Waals surface area contributed by atoms with E-state index in [0.29, 0.717) is 11.0 Å². The molecule has 1 aliphatic rings. The predicted molar refractivity (Wildman–Crippen MR) is 81.8 cm³/mol. The summed E-state index contributed by atoms with van der Waals surface area (Å²) in [6.45, 7) is -0.735. The van der Waals surface area contributed by atoms with Crippen LogP contribution in [-0.4, -0.2) is 29.2 Å². The molecule has 0 unspecified atom stereocenters. The molecule has 2 aromatic rings. The van der Waals surface area contributed by atoms with Gasteiger partial charge in [-0.15, -0.1) is 0 Å². The highest BCUT2D eigenvalue weighted by atomic mass is 35.5. The topological polar surface area (TPSA) is 66.5 Å². The van der Waals surface area contributed by atoms with Crippen LogP contribution in [0.2, 0.25) is 5.02 Å². The summed E-state index contributed by atoms with van der Waals surface area (Å²) in [5.74, 6) is -7.21. The number of halogens is 4. The summed E-state index contributed by atoms with van der Waals surface area (Å²) in [5.41, 5.74) is -0.594. The Labute approximate surface area is 144 Å². The van der Waals surface area contributed by atoms with E-state index < -0.39 is 47.4 Å². The van der Waals surface area contributed by atoms with Gasteiger partial charge in [0.25, 0.3) is 11.8 Å². The molecule has 1 N–H and O–H groups in total. The highest BCUT2D eigenvalue weighted by molar-refractivity contribution is 6.37. The number of benzene rings is 2. The van der Waals surface area contributed by atoms with Gasteiger partial charge in [-0.3, -0.25) is 19.3 Å². The van der Waals surface area contributed by atoms with E-state index in [2.05, 4.69) is 0 Å². The number of rotatable bonds is 3. The van der Waals surface area contributed by atoms with Gasteiger partial charge in [-0.2, -0.15) is 0 Å². The van der Waals surface area contributed by atoms with Crippen molar-refractivity contribution in [3.05, 3.63) is 63.9 Å². The van der Waals surface area contributed by atoms with E-state index in [9.17, 15) is 27.6 Å². The molecule has 9 heteroatoms. The Morgan fingerprint density at radius 3 is 2.44 bits per heavy atom. The van der Waals surface area contributed by atoms with Gasteiger partial charge < -0.3 is 5.32 Å². The summed E-state index contributed by atoms with van der Waals surface area (Å²) >= 11 is 5.89. The Morgan fingerprint density at radius 1 is 1.04 bits per heavy atom. The van der Waals surface area contributed by atoms with Crippen LogP contribution < -0.4 is 5.32 Å². The molecule has 0 spiro atoms. The van der Waals surface area contributed by atoms with Crippen molar-refractivity contribution >= 4 is 35.0 Å². The van der Waals surface area contributed by atoms with Crippen LogP contribution in [0, 0.1) is 17.5 Å². The summed E-state index contributed by atoms with van der Waals surface area (Å²) in [5, 5.41) is 2.05. The molecule has 5 nitrogen and oxygen atoms in total. The molecule has 0 atom stereocenters. The number of hydrogen-bond acceptors (Lipinski definition) is 3. The van der Waals surface area contributed by atoms with Crippen LogP contribution in [0.15, 0.2) is 30.3 Å². The van der Waals surface area contributed by atoms with Crippen LogP contribution in [-0.2, 0) is 4.79 Å². The molecule has 0 saturated heterocycles. The molecule has 0 aromatic heterocycles. The van der Waals surface area contributed by atoms with Gasteiger partial charge >= 0.3 is 0 Å². The minimum Gasteiger partial charge on any atom is -0.322 e. The summed E-state index contributed by atoms with van der Waals surface area (Å²) in [6.07, 6.45) is 0. The predicted octanol–water partition coefficient (Wildman–Crippen LogP) is 2.99. The van der Waals surface area contributed by atoms with Crippen molar-refractivity contribution in [1.29, 1.82) is 0 Å². The molecule has 0 radical (unpaired) electrons. The first-order chi connectivity index (χ1) is 11.8. The second-order valence-electron chi connectivity index (χ2n) is 5.13. The fourth-order valence-electron chi connectivity index (χ4n) is 2.39. The quantitative estimate of drug-likeness (QED) is 0.669. The van der Waals surface area contributed by atoms with E-state index in [1.165, 1.54) is 18.2 Å². The first-order valence-electron chi connectivity index (χ1n) is 6.89. The van der Waals surface area contributed by atoms with E-state index >= 15 is 0 Å². The summed E-state index contributed by atoms with van der Waals surface area (Å²) in [4.78, 5) is 37.0.